The Balaban J connectivity index is 1.68. The second kappa shape index (κ2) is 8.61. The topological polar surface area (TPSA) is 67.0 Å². The van der Waals surface area contributed by atoms with Gasteiger partial charge in [0.2, 0.25) is 0 Å². The van der Waals surface area contributed by atoms with Gasteiger partial charge in [-0.15, -0.1) is 0 Å². The van der Waals surface area contributed by atoms with Gasteiger partial charge in [0.15, 0.2) is 5.82 Å². The molecule has 0 aliphatic heterocycles. The highest BCUT2D eigenvalue weighted by molar-refractivity contribution is 6.37. The molecule has 2 N–H and O–H groups in total. The molecule has 0 aliphatic rings. The summed E-state index contributed by atoms with van der Waals surface area (Å²) in [4.78, 5) is 12.7. The number of nitrogens with one attached hydrogen (secondary N) is 2. The number of benzene rings is 3. The standard InChI is InChI=1S/C24H21Cl2N3O2/c1-13(2)14-5-9-22(31-3)19(10-14)15-4-7-18-21(11-15)28-29-23(18)27-24(30)17-8-6-16(25)12-20(17)26/h4-13H,1-3H3,(H2,27,28,29,30). The zero-order valence-corrected chi connectivity index (χ0v) is 18.8. The molecular formula is C24H21Cl2N3O2. The van der Waals surface area contributed by atoms with Crippen molar-refractivity contribution in [3.63, 3.8) is 0 Å². The average Bonchev–Trinajstić information content (AvgIpc) is 3.15. The van der Waals surface area contributed by atoms with Crippen LogP contribution in [0, 0.1) is 0 Å². The molecule has 1 amide bonds. The molecule has 3 aromatic carbocycles. The first kappa shape index (κ1) is 21.2. The molecule has 0 fully saturated rings. The van der Waals surface area contributed by atoms with Gasteiger partial charge in [-0.05, 0) is 59.5 Å². The Bertz CT molecular complexity index is 1280. The lowest BCUT2D eigenvalue weighted by molar-refractivity contribution is 0.102. The third-order valence-corrected chi connectivity index (χ3v) is 5.72. The lowest BCUT2D eigenvalue weighted by Crippen LogP contribution is -2.12. The number of amides is 1. The fourth-order valence-corrected chi connectivity index (χ4v) is 3.94. The molecule has 0 spiro atoms. The van der Waals surface area contributed by atoms with Gasteiger partial charge in [-0.25, -0.2) is 0 Å². The SMILES string of the molecule is COc1ccc(C(C)C)cc1-c1ccc2c(NC(=O)c3ccc(Cl)cc3Cl)n[nH]c2c1. The number of ether oxygens (including phenoxy) is 1. The molecule has 4 aromatic rings. The van der Waals surface area contributed by atoms with E-state index in [4.69, 9.17) is 27.9 Å². The van der Waals surface area contributed by atoms with Gasteiger partial charge in [0, 0.05) is 16.0 Å². The molecule has 0 radical (unpaired) electrons. The Hall–Kier alpha value is -3.02. The summed E-state index contributed by atoms with van der Waals surface area (Å²) in [6, 6.07) is 16.9. The minimum absolute atomic E-state index is 0.282. The van der Waals surface area contributed by atoms with Crippen LogP contribution in [0.5, 0.6) is 5.75 Å². The van der Waals surface area contributed by atoms with Crippen LogP contribution in [0.3, 0.4) is 0 Å². The van der Waals surface area contributed by atoms with E-state index in [0.29, 0.717) is 22.3 Å². The summed E-state index contributed by atoms with van der Waals surface area (Å²) in [6.07, 6.45) is 0. The fraction of sp³-hybridized carbons (Fsp3) is 0.167. The molecule has 0 aliphatic carbocycles. The van der Waals surface area contributed by atoms with Crippen LogP contribution in [0.25, 0.3) is 22.0 Å². The Kier molecular flexibility index (Phi) is 5.90. The van der Waals surface area contributed by atoms with Gasteiger partial charge >= 0.3 is 0 Å². The highest BCUT2D eigenvalue weighted by Gasteiger charge is 2.16. The minimum atomic E-state index is -0.356. The van der Waals surface area contributed by atoms with Crippen LogP contribution in [0.15, 0.2) is 54.6 Å². The minimum Gasteiger partial charge on any atom is -0.496 e. The summed E-state index contributed by atoms with van der Waals surface area (Å²) in [6.45, 7) is 4.32. The number of carbonyl (C=O) groups excluding carboxylic acids is 1. The predicted molar refractivity (Wildman–Crippen MR) is 127 cm³/mol. The van der Waals surface area contributed by atoms with E-state index in [1.54, 1.807) is 19.2 Å². The first-order valence-electron chi connectivity index (χ1n) is 9.80. The molecule has 31 heavy (non-hydrogen) atoms. The Morgan fingerprint density at radius 2 is 1.87 bits per heavy atom. The number of hydrogen-bond donors (Lipinski definition) is 2. The Morgan fingerprint density at radius 3 is 2.58 bits per heavy atom. The summed E-state index contributed by atoms with van der Waals surface area (Å²) in [5, 5.41) is 11.6. The van der Waals surface area contributed by atoms with Gasteiger partial charge in [0.25, 0.3) is 5.91 Å². The lowest BCUT2D eigenvalue weighted by atomic mass is 9.96. The van der Waals surface area contributed by atoms with Crippen molar-refractivity contribution >= 4 is 45.8 Å². The zero-order valence-electron chi connectivity index (χ0n) is 17.3. The number of carbonyl (C=O) groups is 1. The molecule has 1 heterocycles. The maximum atomic E-state index is 12.7. The van der Waals surface area contributed by atoms with Crippen LogP contribution in [0.1, 0.15) is 35.7 Å². The van der Waals surface area contributed by atoms with Crippen molar-refractivity contribution in [1.29, 1.82) is 0 Å². The smallest absolute Gasteiger partial charge is 0.258 e. The first-order valence-corrected chi connectivity index (χ1v) is 10.6. The second-order valence-corrected chi connectivity index (χ2v) is 8.37. The number of halogens is 2. The molecule has 0 atom stereocenters. The number of fused-ring (bicyclic) bond motifs is 1. The molecule has 0 unspecified atom stereocenters. The molecule has 0 saturated carbocycles. The van der Waals surface area contributed by atoms with Crippen molar-refractivity contribution < 1.29 is 9.53 Å². The first-order chi connectivity index (χ1) is 14.9. The quantitative estimate of drug-likeness (QED) is 0.344. The molecule has 0 bridgehead atoms. The highest BCUT2D eigenvalue weighted by Crippen LogP contribution is 2.35. The van der Waals surface area contributed by atoms with E-state index in [9.17, 15) is 4.79 Å². The van der Waals surface area contributed by atoms with E-state index in [1.807, 2.05) is 24.3 Å². The largest absolute Gasteiger partial charge is 0.496 e. The Labute approximate surface area is 190 Å². The van der Waals surface area contributed by atoms with Gasteiger partial charge in [-0.1, -0.05) is 49.2 Å². The predicted octanol–water partition coefficient (Wildman–Crippen LogP) is 6.92. The number of anilines is 1. The molecule has 0 saturated heterocycles. The number of aromatic amines is 1. The second-order valence-electron chi connectivity index (χ2n) is 7.53. The number of methoxy groups -OCH3 is 1. The number of rotatable bonds is 5. The zero-order chi connectivity index (χ0) is 22.1. The summed E-state index contributed by atoms with van der Waals surface area (Å²) >= 11 is 12.1. The van der Waals surface area contributed by atoms with Gasteiger partial charge in [-0.3, -0.25) is 9.89 Å². The van der Waals surface area contributed by atoms with E-state index in [2.05, 4.69) is 41.5 Å². The van der Waals surface area contributed by atoms with Crippen molar-refractivity contribution in [3.05, 3.63) is 75.8 Å². The summed E-state index contributed by atoms with van der Waals surface area (Å²) in [5.74, 6) is 1.28. The lowest BCUT2D eigenvalue weighted by Gasteiger charge is -2.13. The van der Waals surface area contributed by atoms with E-state index in [1.165, 1.54) is 11.6 Å². The molecule has 7 heteroatoms. The van der Waals surface area contributed by atoms with Crippen LogP contribution >= 0.6 is 23.2 Å². The third kappa shape index (κ3) is 4.24. The van der Waals surface area contributed by atoms with Crippen molar-refractivity contribution in [2.45, 2.75) is 19.8 Å². The van der Waals surface area contributed by atoms with E-state index in [0.717, 1.165) is 27.8 Å². The average molecular weight is 454 g/mol. The number of H-pyrrole nitrogens is 1. The van der Waals surface area contributed by atoms with Crippen LogP contribution in [0.4, 0.5) is 5.82 Å². The van der Waals surface area contributed by atoms with E-state index >= 15 is 0 Å². The van der Waals surface area contributed by atoms with E-state index in [-0.39, 0.29) is 10.9 Å². The molecule has 5 nitrogen and oxygen atoms in total. The van der Waals surface area contributed by atoms with Crippen molar-refractivity contribution in [1.82, 2.24) is 10.2 Å². The van der Waals surface area contributed by atoms with Crippen LogP contribution in [-0.2, 0) is 0 Å². The van der Waals surface area contributed by atoms with Crippen molar-refractivity contribution in [3.8, 4) is 16.9 Å². The fourth-order valence-electron chi connectivity index (χ4n) is 3.44. The molecule has 4 rings (SSSR count). The van der Waals surface area contributed by atoms with Crippen LogP contribution in [0.2, 0.25) is 10.0 Å². The number of aromatic nitrogens is 2. The van der Waals surface area contributed by atoms with Gasteiger partial charge in [0.1, 0.15) is 5.75 Å². The Morgan fingerprint density at radius 1 is 1.06 bits per heavy atom. The van der Waals surface area contributed by atoms with E-state index < -0.39 is 0 Å². The molecular weight excluding hydrogens is 433 g/mol. The van der Waals surface area contributed by atoms with Crippen LogP contribution < -0.4 is 10.1 Å². The normalized spacial score (nSPS) is 11.2. The summed E-state index contributed by atoms with van der Waals surface area (Å²) in [7, 11) is 1.66. The number of hydrogen-bond acceptors (Lipinski definition) is 3. The maximum Gasteiger partial charge on any atom is 0.258 e. The van der Waals surface area contributed by atoms with Crippen LogP contribution in [-0.4, -0.2) is 23.2 Å². The van der Waals surface area contributed by atoms with Gasteiger partial charge < -0.3 is 10.1 Å². The van der Waals surface area contributed by atoms with Gasteiger partial charge in [0.05, 0.1) is 23.2 Å². The third-order valence-electron chi connectivity index (χ3n) is 5.17. The van der Waals surface area contributed by atoms with Crippen molar-refractivity contribution in [2.75, 3.05) is 12.4 Å². The monoisotopic (exact) mass is 453 g/mol. The maximum absolute atomic E-state index is 12.7. The number of nitrogens with zero attached hydrogens (tertiary/aromatic N) is 1. The molecule has 158 valence electrons. The summed E-state index contributed by atoms with van der Waals surface area (Å²) < 4.78 is 5.57. The van der Waals surface area contributed by atoms with Gasteiger partial charge in [-0.2, -0.15) is 5.10 Å². The highest BCUT2D eigenvalue weighted by atomic mass is 35.5. The molecule has 1 aromatic heterocycles. The van der Waals surface area contributed by atoms with Crippen molar-refractivity contribution in [2.24, 2.45) is 0 Å². The summed E-state index contributed by atoms with van der Waals surface area (Å²) in [5.41, 5.74) is 4.35.